The number of hydrogen-bond acceptors (Lipinski definition) is 4. The van der Waals surface area contributed by atoms with Gasteiger partial charge in [0.15, 0.2) is 6.10 Å². The third-order valence-electron chi connectivity index (χ3n) is 1.39. The number of carboxylic acid groups (broad SMARTS) is 1. The molecule has 1 rings (SSSR count). The first kappa shape index (κ1) is 7.87. The van der Waals surface area contributed by atoms with Gasteiger partial charge in [-0.15, -0.1) is 0 Å². The monoisotopic (exact) mass is 158 g/mol. The summed E-state index contributed by atoms with van der Waals surface area (Å²) in [5.41, 5.74) is 0. The minimum Gasteiger partial charge on any atom is -0.479 e. The van der Waals surface area contributed by atoms with Gasteiger partial charge in [0, 0.05) is 12.4 Å². The van der Waals surface area contributed by atoms with Crippen molar-refractivity contribution >= 4 is 5.97 Å². The fraction of sp³-hybridized carbons (Fsp3) is 0.500. The van der Waals surface area contributed by atoms with E-state index >= 15 is 0 Å². The maximum Gasteiger partial charge on any atom is 0.334 e. The number of carbonyl (C=O) groups is 1. The van der Waals surface area contributed by atoms with Crippen molar-refractivity contribution in [2.75, 3.05) is 13.2 Å². The van der Waals surface area contributed by atoms with E-state index in [9.17, 15) is 4.79 Å². The molecule has 0 aromatic rings. The number of aliphatic carboxylic acids is 1. The molecule has 1 heterocycles. The second-order valence-electron chi connectivity index (χ2n) is 2.30. The first-order valence-electron chi connectivity index (χ1n) is 3.25. The molecule has 0 aromatic heterocycles. The number of β-amino-alcohol motifs (C(OH)–C–C–N with tert-alkyl or cyclic N) is 1. The van der Waals surface area contributed by atoms with Crippen molar-refractivity contribution in [1.29, 1.82) is 0 Å². The van der Waals surface area contributed by atoms with Gasteiger partial charge in [0.25, 0.3) is 0 Å². The third kappa shape index (κ3) is 2.12. The molecule has 11 heavy (non-hydrogen) atoms. The fourth-order valence-corrected chi connectivity index (χ4v) is 0.806. The minimum atomic E-state index is -1.31. The maximum absolute atomic E-state index is 10.2. The van der Waals surface area contributed by atoms with Gasteiger partial charge in [-0.1, -0.05) is 0 Å². The van der Waals surface area contributed by atoms with Crippen LogP contribution in [0.5, 0.6) is 0 Å². The number of nitrogens with one attached hydrogen (secondary N) is 1. The Hall–Kier alpha value is -1.23. The lowest BCUT2D eigenvalue weighted by atomic mass is 10.3. The molecule has 1 aliphatic heterocycles. The molecule has 1 unspecified atom stereocenters. The Morgan fingerprint density at radius 1 is 1.82 bits per heavy atom. The van der Waals surface area contributed by atoms with E-state index in [1.807, 2.05) is 0 Å². The van der Waals surface area contributed by atoms with Gasteiger partial charge in [0.05, 0.1) is 13.2 Å². The van der Waals surface area contributed by atoms with E-state index in [1.54, 1.807) is 17.3 Å². The highest BCUT2D eigenvalue weighted by Gasteiger charge is 2.16. The average molecular weight is 158 g/mol. The van der Waals surface area contributed by atoms with Gasteiger partial charge in [-0.05, 0) is 0 Å². The molecule has 3 N–H and O–H groups in total. The molecule has 0 saturated heterocycles. The highest BCUT2D eigenvalue weighted by molar-refractivity contribution is 5.72. The lowest BCUT2D eigenvalue weighted by molar-refractivity contribution is -0.147. The van der Waals surface area contributed by atoms with E-state index in [4.69, 9.17) is 10.2 Å². The van der Waals surface area contributed by atoms with Crippen LogP contribution in [-0.4, -0.2) is 40.4 Å². The molecule has 0 radical (unpaired) electrons. The van der Waals surface area contributed by atoms with Crippen LogP contribution < -0.4 is 5.32 Å². The number of nitrogens with zero attached hydrogens (tertiary/aromatic N) is 1. The molecule has 1 atom stereocenters. The van der Waals surface area contributed by atoms with Gasteiger partial charge >= 0.3 is 5.97 Å². The second kappa shape index (κ2) is 3.25. The first-order chi connectivity index (χ1) is 5.20. The van der Waals surface area contributed by atoms with Crippen molar-refractivity contribution in [2.45, 2.75) is 6.10 Å². The molecule has 0 fully saturated rings. The Morgan fingerprint density at radius 2 is 2.55 bits per heavy atom. The standard InChI is InChI=1S/C6H10N2O3/c9-5(6(10)11)3-8-2-1-7-4-8/h1-2,5,7,9H,3-4H2,(H,10,11). The Morgan fingerprint density at radius 3 is 3.00 bits per heavy atom. The lowest BCUT2D eigenvalue weighted by Crippen LogP contribution is -2.34. The summed E-state index contributed by atoms with van der Waals surface area (Å²) >= 11 is 0. The summed E-state index contributed by atoms with van der Waals surface area (Å²) in [4.78, 5) is 11.8. The average Bonchev–Trinajstić information content (AvgIpc) is 2.39. The Kier molecular flexibility index (Phi) is 2.32. The molecule has 0 aliphatic carbocycles. The van der Waals surface area contributed by atoms with E-state index in [1.165, 1.54) is 0 Å². The number of carboxylic acids is 1. The van der Waals surface area contributed by atoms with Crippen molar-refractivity contribution in [3.05, 3.63) is 12.4 Å². The topological polar surface area (TPSA) is 72.8 Å². The van der Waals surface area contributed by atoms with Crippen molar-refractivity contribution in [1.82, 2.24) is 10.2 Å². The summed E-state index contributed by atoms with van der Waals surface area (Å²) in [6, 6.07) is 0. The van der Waals surface area contributed by atoms with Crippen LogP contribution in [0.3, 0.4) is 0 Å². The van der Waals surface area contributed by atoms with Gasteiger partial charge in [0.1, 0.15) is 0 Å². The van der Waals surface area contributed by atoms with E-state index in [0.29, 0.717) is 6.67 Å². The van der Waals surface area contributed by atoms with Crippen LogP contribution in [0, 0.1) is 0 Å². The highest BCUT2D eigenvalue weighted by atomic mass is 16.4. The largest absolute Gasteiger partial charge is 0.479 e. The van der Waals surface area contributed by atoms with Gasteiger partial charge in [-0.25, -0.2) is 4.79 Å². The third-order valence-corrected chi connectivity index (χ3v) is 1.39. The van der Waals surface area contributed by atoms with E-state index < -0.39 is 12.1 Å². The number of rotatable bonds is 3. The smallest absolute Gasteiger partial charge is 0.334 e. The summed E-state index contributed by atoms with van der Waals surface area (Å²) in [5.74, 6) is -1.19. The summed E-state index contributed by atoms with van der Waals surface area (Å²) in [5, 5.41) is 20.1. The molecular weight excluding hydrogens is 148 g/mol. The lowest BCUT2D eigenvalue weighted by Gasteiger charge is -2.15. The Labute approximate surface area is 63.9 Å². The number of hydrogen-bond donors (Lipinski definition) is 3. The molecule has 5 nitrogen and oxygen atoms in total. The van der Waals surface area contributed by atoms with Gasteiger partial charge in [-0.3, -0.25) is 0 Å². The Balaban J connectivity index is 2.29. The quantitative estimate of drug-likeness (QED) is 0.479. The van der Waals surface area contributed by atoms with Crippen molar-refractivity contribution in [3.8, 4) is 0 Å². The normalized spacial score (nSPS) is 18.1. The van der Waals surface area contributed by atoms with Crippen LogP contribution in [0.15, 0.2) is 12.4 Å². The van der Waals surface area contributed by atoms with Gasteiger partial charge < -0.3 is 20.4 Å². The first-order valence-corrected chi connectivity index (χ1v) is 3.25. The maximum atomic E-state index is 10.2. The number of aliphatic hydroxyl groups excluding tert-OH is 1. The SMILES string of the molecule is O=C(O)C(O)CN1C=CNC1. The van der Waals surface area contributed by atoms with E-state index in [0.717, 1.165) is 0 Å². The van der Waals surface area contributed by atoms with Crippen LogP contribution in [0.2, 0.25) is 0 Å². The summed E-state index contributed by atoms with van der Waals surface area (Å²) in [7, 11) is 0. The molecular formula is C6H10N2O3. The van der Waals surface area contributed by atoms with Crippen molar-refractivity contribution in [2.24, 2.45) is 0 Å². The van der Waals surface area contributed by atoms with Crippen molar-refractivity contribution in [3.63, 3.8) is 0 Å². The van der Waals surface area contributed by atoms with E-state index in [2.05, 4.69) is 5.32 Å². The molecule has 0 spiro atoms. The zero-order valence-electron chi connectivity index (χ0n) is 5.90. The van der Waals surface area contributed by atoms with Crippen molar-refractivity contribution < 1.29 is 15.0 Å². The minimum absolute atomic E-state index is 0.124. The highest BCUT2D eigenvalue weighted by Crippen LogP contribution is 1.96. The predicted octanol–water partition coefficient (Wildman–Crippen LogP) is -1.23. The Bertz CT molecular complexity index is 181. The summed E-state index contributed by atoms with van der Waals surface area (Å²) < 4.78 is 0. The van der Waals surface area contributed by atoms with E-state index in [-0.39, 0.29) is 6.54 Å². The molecule has 0 saturated carbocycles. The molecule has 5 heteroatoms. The van der Waals surface area contributed by atoms with Gasteiger partial charge in [-0.2, -0.15) is 0 Å². The predicted molar refractivity (Wildman–Crippen MR) is 37.5 cm³/mol. The number of aliphatic hydroxyl groups is 1. The molecule has 62 valence electrons. The molecule has 1 aliphatic rings. The van der Waals surface area contributed by atoms with Crippen LogP contribution in [0.4, 0.5) is 0 Å². The second-order valence-corrected chi connectivity index (χ2v) is 2.30. The van der Waals surface area contributed by atoms with Gasteiger partial charge in [0.2, 0.25) is 0 Å². The summed E-state index contributed by atoms with van der Waals surface area (Å²) in [6.07, 6.45) is 2.10. The van der Waals surface area contributed by atoms with Crippen LogP contribution in [0.25, 0.3) is 0 Å². The molecule has 0 aromatic carbocycles. The summed E-state index contributed by atoms with van der Waals surface area (Å²) in [6.45, 7) is 0.684. The molecule has 0 amide bonds. The van der Waals surface area contributed by atoms with Crippen LogP contribution >= 0.6 is 0 Å². The molecule has 0 bridgehead atoms. The fourth-order valence-electron chi connectivity index (χ4n) is 0.806. The van der Waals surface area contributed by atoms with Crippen LogP contribution in [0.1, 0.15) is 0 Å². The zero-order chi connectivity index (χ0) is 8.27. The van der Waals surface area contributed by atoms with Crippen LogP contribution in [-0.2, 0) is 4.79 Å². The zero-order valence-corrected chi connectivity index (χ0v) is 5.90.